The first-order chi connectivity index (χ1) is 14.4. The Hall–Kier alpha value is -3.24. The van der Waals surface area contributed by atoms with Crippen LogP contribution >= 0.6 is 0 Å². The normalized spacial score (nSPS) is 14.7. The molecular formula is C20H21N5O4S. The summed E-state index contributed by atoms with van der Waals surface area (Å²) in [5, 5.41) is 16.7. The third-order valence-electron chi connectivity index (χ3n) is 4.95. The Balaban J connectivity index is 1.50. The predicted molar refractivity (Wildman–Crippen MR) is 110 cm³/mol. The summed E-state index contributed by atoms with van der Waals surface area (Å²) >= 11 is 0. The minimum atomic E-state index is -3.65. The molecule has 2 aromatic carbocycles. The number of phenols is 1. The van der Waals surface area contributed by atoms with Gasteiger partial charge in [0.05, 0.1) is 17.1 Å². The topological polar surface area (TPSA) is 117 Å². The minimum absolute atomic E-state index is 0.0423. The smallest absolute Gasteiger partial charge is 0.255 e. The second kappa shape index (κ2) is 8.25. The molecular weight excluding hydrogens is 406 g/mol. The average molecular weight is 427 g/mol. The van der Waals surface area contributed by atoms with Gasteiger partial charge in [-0.15, -0.1) is 0 Å². The monoisotopic (exact) mass is 427 g/mol. The van der Waals surface area contributed by atoms with E-state index in [0.717, 1.165) is 18.4 Å². The molecule has 3 aromatic rings. The second-order valence-corrected chi connectivity index (χ2v) is 8.97. The molecule has 0 atom stereocenters. The number of rotatable bonds is 6. The van der Waals surface area contributed by atoms with Gasteiger partial charge in [-0.05, 0) is 48.7 Å². The summed E-state index contributed by atoms with van der Waals surface area (Å²) in [4.78, 5) is 16.5. The first-order valence-electron chi connectivity index (χ1n) is 9.49. The van der Waals surface area contributed by atoms with Gasteiger partial charge in [0.25, 0.3) is 5.91 Å². The maximum absolute atomic E-state index is 12.7. The lowest BCUT2D eigenvalue weighted by Crippen LogP contribution is -2.28. The minimum Gasteiger partial charge on any atom is -0.506 e. The molecule has 1 fully saturated rings. The highest BCUT2D eigenvalue weighted by Gasteiger charge is 2.28. The van der Waals surface area contributed by atoms with Crippen LogP contribution in [0.4, 0.5) is 5.69 Å². The number of nitrogens with one attached hydrogen (secondary N) is 1. The Morgan fingerprint density at radius 1 is 1.10 bits per heavy atom. The van der Waals surface area contributed by atoms with Crippen LogP contribution in [0.2, 0.25) is 0 Å². The molecule has 0 saturated carbocycles. The number of hydrogen-bond acceptors (Lipinski definition) is 6. The molecule has 0 spiro atoms. The van der Waals surface area contributed by atoms with E-state index in [0.29, 0.717) is 25.2 Å². The van der Waals surface area contributed by atoms with Crippen LogP contribution < -0.4 is 5.32 Å². The molecule has 4 rings (SSSR count). The molecule has 1 aromatic heterocycles. The van der Waals surface area contributed by atoms with Crippen LogP contribution in [0.5, 0.6) is 5.75 Å². The standard InChI is InChI=1S/C20H21N5O4S/c26-19-8-7-17(30(28,29)25-9-1-2-10-25)11-18(19)23-20(27)16-5-3-15(4-6-16)12-24-14-21-13-22-24/h3-8,11,13-14,26H,1-2,9-10,12H2,(H,23,27). The highest BCUT2D eigenvalue weighted by molar-refractivity contribution is 7.89. The van der Waals surface area contributed by atoms with Crippen molar-refractivity contribution in [3.05, 3.63) is 66.2 Å². The number of amides is 1. The zero-order valence-corrected chi connectivity index (χ0v) is 16.9. The maximum Gasteiger partial charge on any atom is 0.255 e. The zero-order chi connectivity index (χ0) is 21.1. The van der Waals surface area contributed by atoms with Crippen molar-refractivity contribution in [1.82, 2.24) is 19.1 Å². The molecule has 30 heavy (non-hydrogen) atoms. The molecule has 1 saturated heterocycles. The molecule has 156 valence electrons. The van der Waals surface area contributed by atoms with Gasteiger partial charge in [-0.1, -0.05) is 12.1 Å². The van der Waals surface area contributed by atoms with E-state index in [4.69, 9.17) is 0 Å². The number of hydrogen-bond donors (Lipinski definition) is 2. The molecule has 2 heterocycles. The molecule has 9 nitrogen and oxygen atoms in total. The third-order valence-corrected chi connectivity index (χ3v) is 6.84. The molecule has 2 N–H and O–H groups in total. The van der Waals surface area contributed by atoms with Crippen molar-refractivity contribution in [1.29, 1.82) is 0 Å². The lowest BCUT2D eigenvalue weighted by molar-refractivity contribution is 0.102. The lowest BCUT2D eigenvalue weighted by Gasteiger charge is -2.16. The quantitative estimate of drug-likeness (QED) is 0.582. The van der Waals surface area contributed by atoms with E-state index in [2.05, 4.69) is 15.4 Å². The highest BCUT2D eigenvalue weighted by Crippen LogP contribution is 2.29. The number of anilines is 1. The second-order valence-electron chi connectivity index (χ2n) is 7.03. The van der Waals surface area contributed by atoms with Crippen molar-refractivity contribution < 1.29 is 18.3 Å². The fraction of sp³-hybridized carbons (Fsp3) is 0.250. The summed E-state index contributed by atoms with van der Waals surface area (Å²) in [7, 11) is -3.65. The average Bonchev–Trinajstić information content (AvgIpc) is 3.44. The van der Waals surface area contributed by atoms with Crippen LogP contribution in [0.15, 0.2) is 60.0 Å². The van der Waals surface area contributed by atoms with E-state index in [1.54, 1.807) is 35.3 Å². The van der Waals surface area contributed by atoms with Crippen LogP contribution in [0, 0.1) is 0 Å². The first-order valence-corrected chi connectivity index (χ1v) is 10.9. The Kier molecular flexibility index (Phi) is 5.51. The van der Waals surface area contributed by atoms with Gasteiger partial charge in [-0.25, -0.2) is 18.1 Å². The van der Waals surface area contributed by atoms with Gasteiger partial charge < -0.3 is 10.4 Å². The molecule has 10 heteroatoms. The van der Waals surface area contributed by atoms with Gasteiger partial charge in [-0.3, -0.25) is 4.79 Å². The van der Waals surface area contributed by atoms with E-state index < -0.39 is 15.9 Å². The van der Waals surface area contributed by atoms with Gasteiger partial charge in [-0.2, -0.15) is 9.40 Å². The van der Waals surface area contributed by atoms with E-state index >= 15 is 0 Å². The number of aromatic nitrogens is 3. The van der Waals surface area contributed by atoms with Crippen molar-refractivity contribution in [2.75, 3.05) is 18.4 Å². The lowest BCUT2D eigenvalue weighted by atomic mass is 10.1. The Labute approximate surface area is 174 Å². The van der Waals surface area contributed by atoms with Crippen molar-refractivity contribution in [2.45, 2.75) is 24.3 Å². The molecule has 0 bridgehead atoms. The van der Waals surface area contributed by atoms with Gasteiger partial charge >= 0.3 is 0 Å². The number of carbonyl (C=O) groups is 1. The number of benzene rings is 2. The molecule has 1 amide bonds. The predicted octanol–water partition coefficient (Wildman–Crippen LogP) is 2.07. The van der Waals surface area contributed by atoms with Gasteiger partial charge in [0.2, 0.25) is 10.0 Å². The van der Waals surface area contributed by atoms with Crippen molar-refractivity contribution in [2.24, 2.45) is 0 Å². The van der Waals surface area contributed by atoms with Gasteiger partial charge in [0.15, 0.2) is 0 Å². The van der Waals surface area contributed by atoms with E-state index in [9.17, 15) is 18.3 Å². The molecule has 1 aliphatic heterocycles. The summed E-state index contributed by atoms with van der Waals surface area (Å²) in [5.41, 5.74) is 1.37. The van der Waals surface area contributed by atoms with Gasteiger partial charge in [0, 0.05) is 18.7 Å². The third kappa shape index (κ3) is 4.19. The van der Waals surface area contributed by atoms with Crippen molar-refractivity contribution >= 4 is 21.6 Å². The molecule has 1 aliphatic rings. The summed E-state index contributed by atoms with van der Waals surface area (Å²) in [6, 6.07) is 10.8. The summed E-state index contributed by atoms with van der Waals surface area (Å²) in [6.45, 7) is 1.48. The fourth-order valence-corrected chi connectivity index (χ4v) is 4.85. The van der Waals surface area contributed by atoms with Crippen LogP contribution in [-0.4, -0.2) is 51.6 Å². The zero-order valence-electron chi connectivity index (χ0n) is 16.1. The molecule has 0 aliphatic carbocycles. The van der Waals surface area contributed by atoms with Crippen molar-refractivity contribution in [3.8, 4) is 5.75 Å². The van der Waals surface area contributed by atoms with Crippen LogP contribution in [0.1, 0.15) is 28.8 Å². The van der Waals surface area contributed by atoms with E-state index in [1.807, 2.05) is 0 Å². The largest absolute Gasteiger partial charge is 0.506 e. The Bertz CT molecular complexity index is 1140. The summed E-state index contributed by atoms with van der Waals surface area (Å²) in [6.07, 6.45) is 4.71. The van der Waals surface area contributed by atoms with E-state index in [-0.39, 0.29) is 16.3 Å². The number of nitrogens with zero attached hydrogens (tertiary/aromatic N) is 4. The number of sulfonamides is 1. The number of phenolic OH excluding ortho intramolecular Hbond substituents is 1. The highest BCUT2D eigenvalue weighted by atomic mass is 32.2. The molecule has 0 radical (unpaired) electrons. The molecule has 0 unspecified atom stereocenters. The first kappa shape index (κ1) is 20.0. The maximum atomic E-state index is 12.7. The number of carbonyl (C=O) groups excluding carboxylic acids is 1. The SMILES string of the molecule is O=C(Nc1cc(S(=O)(=O)N2CCCC2)ccc1O)c1ccc(Cn2cncn2)cc1. The number of aromatic hydroxyl groups is 1. The van der Waals surface area contributed by atoms with Crippen molar-refractivity contribution in [3.63, 3.8) is 0 Å². The van der Waals surface area contributed by atoms with Crippen LogP contribution in [-0.2, 0) is 16.6 Å². The summed E-state index contributed by atoms with van der Waals surface area (Å²) in [5.74, 6) is -0.653. The van der Waals surface area contributed by atoms with E-state index in [1.165, 1.54) is 28.8 Å². The van der Waals surface area contributed by atoms with Crippen LogP contribution in [0.25, 0.3) is 0 Å². The van der Waals surface area contributed by atoms with Gasteiger partial charge in [0.1, 0.15) is 18.4 Å². The Morgan fingerprint density at radius 2 is 1.83 bits per heavy atom. The fourth-order valence-electron chi connectivity index (χ4n) is 3.31. The van der Waals surface area contributed by atoms with Crippen LogP contribution in [0.3, 0.4) is 0 Å². The summed E-state index contributed by atoms with van der Waals surface area (Å²) < 4.78 is 28.6. The Morgan fingerprint density at radius 3 is 2.50 bits per heavy atom.